The molecule has 62 heavy (non-hydrogen) atoms. The molecule has 0 aromatic heterocycles. The number of unbranched alkanes of at least 4 members (excludes halogenated alkanes) is 16. The molecule has 0 aliphatic heterocycles. The molecule has 0 bridgehead atoms. The lowest BCUT2D eigenvalue weighted by Crippen LogP contribution is -2.30. The van der Waals surface area contributed by atoms with Crippen molar-refractivity contribution in [2.75, 3.05) is 13.2 Å². The maximum Gasteiger partial charge on any atom is 0.306 e. The molecule has 6 nitrogen and oxygen atoms in total. The summed E-state index contributed by atoms with van der Waals surface area (Å²) in [6.45, 7) is 6.35. The summed E-state index contributed by atoms with van der Waals surface area (Å²) in [5.41, 5.74) is 0. The lowest BCUT2D eigenvalue weighted by atomic mass is 10.1. The molecule has 0 saturated carbocycles. The molecular formula is C56H90O6. The van der Waals surface area contributed by atoms with Crippen molar-refractivity contribution in [2.45, 2.75) is 213 Å². The minimum Gasteiger partial charge on any atom is -0.462 e. The summed E-state index contributed by atoms with van der Waals surface area (Å²) in [5, 5.41) is 0. The van der Waals surface area contributed by atoms with Gasteiger partial charge in [0.1, 0.15) is 13.2 Å². The third kappa shape index (κ3) is 47.1. The van der Waals surface area contributed by atoms with Gasteiger partial charge in [-0.2, -0.15) is 0 Å². The number of hydrogen-bond acceptors (Lipinski definition) is 6. The number of carbonyl (C=O) groups excluding carboxylic acids is 3. The first-order valence-corrected chi connectivity index (χ1v) is 24.9. The van der Waals surface area contributed by atoms with Crippen LogP contribution < -0.4 is 0 Å². The summed E-state index contributed by atoms with van der Waals surface area (Å²) in [7, 11) is 0. The number of esters is 3. The highest BCUT2D eigenvalue weighted by molar-refractivity contribution is 5.71. The number of rotatable bonds is 43. The number of ether oxygens (including phenoxy) is 3. The summed E-state index contributed by atoms with van der Waals surface area (Å²) in [6, 6.07) is 0. The van der Waals surface area contributed by atoms with Crippen molar-refractivity contribution >= 4 is 17.9 Å². The molecule has 0 radical (unpaired) electrons. The van der Waals surface area contributed by atoms with Crippen molar-refractivity contribution in [1.82, 2.24) is 0 Å². The molecule has 1 atom stereocenters. The Labute approximate surface area is 380 Å². The summed E-state index contributed by atoms with van der Waals surface area (Å²) in [4.78, 5) is 37.8. The maximum absolute atomic E-state index is 12.7. The van der Waals surface area contributed by atoms with Crippen LogP contribution in [0.3, 0.4) is 0 Å². The van der Waals surface area contributed by atoms with Crippen LogP contribution in [0.5, 0.6) is 0 Å². The van der Waals surface area contributed by atoms with Crippen molar-refractivity contribution < 1.29 is 28.6 Å². The van der Waals surface area contributed by atoms with Gasteiger partial charge in [-0.1, -0.05) is 188 Å². The van der Waals surface area contributed by atoms with Gasteiger partial charge in [0.15, 0.2) is 6.10 Å². The average Bonchev–Trinajstić information content (AvgIpc) is 3.27. The molecule has 0 spiro atoms. The van der Waals surface area contributed by atoms with E-state index in [1.165, 1.54) is 57.8 Å². The Hall–Kier alpha value is -3.93. The Morgan fingerprint density at radius 1 is 0.355 bits per heavy atom. The first-order valence-electron chi connectivity index (χ1n) is 24.9. The van der Waals surface area contributed by atoms with Gasteiger partial charge in [0.25, 0.3) is 0 Å². The monoisotopic (exact) mass is 859 g/mol. The summed E-state index contributed by atoms with van der Waals surface area (Å²) in [6.07, 6.45) is 66.6. The van der Waals surface area contributed by atoms with E-state index < -0.39 is 6.10 Å². The lowest BCUT2D eigenvalue weighted by molar-refractivity contribution is -0.167. The third-order valence-corrected chi connectivity index (χ3v) is 10.0. The minimum atomic E-state index is -0.828. The SMILES string of the molecule is CC/C=C\C/C=C\CCCCC(=O)OCC(COC(=O)CCCCCCC\C=C/C=C\C=C/CCCCCCC)OC(=O)CCC/C=C\C/C=C\C/C=C\C/C=C\CCCCC. The van der Waals surface area contributed by atoms with Crippen LogP contribution in [-0.4, -0.2) is 37.2 Å². The Morgan fingerprint density at radius 2 is 0.710 bits per heavy atom. The molecule has 0 aliphatic carbocycles. The number of allylic oxidation sites excluding steroid dienone is 18. The van der Waals surface area contributed by atoms with Crippen LogP contribution in [0.15, 0.2) is 109 Å². The third-order valence-electron chi connectivity index (χ3n) is 10.0. The van der Waals surface area contributed by atoms with E-state index in [0.29, 0.717) is 19.3 Å². The van der Waals surface area contributed by atoms with Gasteiger partial charge in [0.2, 0.25) is 0 Å². The molecule has 0 aromatic rings. The molecule has 1 unspecified atom stereocenters. The number of hydrogen-bond donors (Lipinski definition) is 0. The fraction of sp³-hybridized carbons (Fsp3) is 0.625. The molecule has 0 rings (SSSR count). The Morgan fingerprint density at radius 3 is 1.23 bits per heavy atom. The van der Waals surface area contributed by atoms with Crippen molar-refractivity contribution in [3.05, 3.63) is 109 Å². The summed E-state index contributed by atoms with van der Waals surface area (Å²) >= 11 is 0. The van der Waals surface area contributed by atoms with Crippen molar-refractivity contribution in [1.29, 1.82) is 0 Å². The topological polar surface area (TPSA) is 78.9 Å². The molecule has 0 aromatic carbocycles. The van der Waals surface area contributed by atoms with Gasteiger partial charge in [0.05, 0.1) is 0 Å². The predicted octanol–water partition coefficient (Wildman–Crippen LogP) is 16.4. The molecule has 0 saturated heterocycles. The van der Waals surface area contributed by atoms with Crippen LogP contribution >= 0.6 is 0 Å². The van der Waals surface area contributed by atoms with Crippen LogP contribution in [0.2, 0.25) is 0 Å². The molecule has 0 N–H and O–H groups in total. The van der Waals surface area contributed by atoms with Gasteiger partial charge in [-0.25, -0.2) is 0 Å². The van der Waals surface area contributed by atoms with Crippen molar-refractivity contribution in [3.8, 4) is 0 Å². The zero-order valence-corrected chi connectivity index (χ0v) is 39.8. The lowest BCUT2D eigenvalue weighted by Gasteiger charge is -2.18. The Bertz CT molecular complexity index is 1310. The highest BCUT2D eigenvalue weighted by Gasteiger charge is 2.19. The van der Waals surface area contributed by atoms with Gasteiger partial charge in [-0.05, 0) is 109 Å². The quantitative estimate of drug-likeness (QED) is 0.0200. The number of carbonyl (C=O) groups is 3. The van der Waals surface area contributed by atoms with Gasteiger partial charge in [-0.3, -0.25) is 14.4 Å². The molecule has 0 amide bonds. The van der Waals surface area contributed by atoms with Gasteiger partial charge >= 0.3 is 17.9 Å². The highest BCUT2D eigenvalue weighted by Crippen LogP contribution is 2.11. The Kier molecular flexibility index (Phi) is 46.6. The zero-order chi connectivity index (χ0) is 45.1. The van der Waals surface area contributed by atoms with Crippen molar-refractivity contribution in [2.24, 2.45) is 0 Å². The predicted molar refractivity (Wildman–Crippen MR) is 265 cm³/mol. The average molecular weight is 859 g/mol. The minimum absolute atomic E-state index is 0.123. The Balaban J connectivity index is 4.51. The van der Waals surface area contributed by atoms with Crippen molar-refractivity contribution in [3.63, 3.8) is 0 Å². The molecule has 0 fully saturated rings. The normalized spacial score (nSPS) is 13.0. The van der Waals surface area contributed by atoms with E-state index in [9.17, 15) is 14.4 Å². The largest absolute Gasteiger partial charge is 0.462 e. The maximum atomic E-state index is 12.7. The summed E-state index contributed by atoms with van der Waals surface area (Å²) in [5.74, 6) is -1.04. The van der Waals surface area contributed by atoms with E-state index in [1.807, 2.05) is 0 Å². The molecule has 350 valence electrons. The standard InChI is InChI=1S/C56H90O6/c1-4-7-10-13-16-19-21-23-25-27-29-30-32-34-37-40-43-46-49-55(58)61-52-53(51-60-54(57)48-45-42-39-36-18-15-12-9-6-3)62-56(59)50-47-44-41-38-35-33-31-28-26-24-22-20-17-14-11-8-5-2/h9,12,17-18,20-21,23-27,29-31,33,36,38,41,53H,4-8,10-11,13-16,19,22,28,32,34-35,37,39-40,42-52H2,1-3H3/b12-9-,20-17-,23-21-,26-24-,27-25-,30-29-,33-31-,36-18-,41-38-. The fourth-order valence-corrected chi connectivity index (χ4v) is 6.29. The molecule has 0 heterocycles. The highest BCUT2D eigenvalue weighted by atomic mass is 16.6. The van der Waals surface area contributed by atoms with Crippen LogP contribution in [0.4, 0.5) is 0 Å². The van der Waals surface area contributed by atoms with E-state index >= 15 is 0 Å². The van der Waals surface area contributed by atoms with E-state index in [-0.39, 0.29) is 37.5 Å². The molecule has 6 heteroatoms. The van der Waals surface area contributed by atoms with E-state index in [0.717, 1.165) is 103 Å². The fourth-order valence-electron chi connectivity index (χ4n) is 6.29. The summed E-state index contributed by atoms with van der Waals surface area (Å²) < 4.78 is 16.6. The smallest absolute Gasteiger partial charge is 0.306 e. The van der Waals surface area contributed by atoms with Crippen LogP contribution in [0.1, 0.15) is 207 Å². The second-order valence-corrected chi connectivity index (χ2v) is 16.0. The first-order chi connectivity index (χ1) is 30.5. The van der Waals surface area contributed by atoms with Gasteiger partial charge in [-0.15, -0.1) is 0 Å². The molecule has 0 aliphatic rings. The van der Waals surface area contributed by atoms with E-state index in [2.05, 4.69) is 130 Å². The van der Waals surface area contributed by atoms with Gasteiger partial charge < -0.3 is 14.2 Å². The van der Waals surface area contributed by atoms with Crippen LogP contribution in [0.25, 0.3) is 0 Å². The second kappa shape index (κ2) is 49.7. The first kappa shape index (κ1) is 58.1. The van der Waals surface area contributed by atoms with E-state index in [4.69, 9.17) is 14.2 Å². The van der Waals surface area contributed by atoms with Crippen LogP contribution in [0, 0.1) is 0 Å². The van der Waals surface area contributed by atoms with E-state index in [1.54, 1.807) is 0 Å². The zero-order valence-electron chi connectivity index (χ0n) is 39.8. The molecular weight excluding hydrogens is 769 g/mol. The second-order valence-electron chi connectivity index (χ2n) is 16.0. The van der Waals surface area contributed by atoms with Crippen LogP contribution in [-0.2, 0) is 28.6 Å². The van der Waals surface area contributed by atoms with Gasteiger partial charge in [0, 0.05) is 19.3 Å².